The van der Waals surface area contributed by atoms with Gasteiger partial charge in [0, 0.05) is 18.5 Å². The number of aliphatic hydroxyl groups is 1. The molecule has 2 aliphatic heterocycles. The topological polar surface area (TPSA) is 23.5 Å². The van der Waals surface area contributed by atoms with Crippen molar-refractivity contribution in [2.75, 3.05) is 0 Å². The summed E-state index contributed by atoms with van der Waals surface area (Å²) in [5.74, 6) is -4.21. The molecule has 0 amide bonds. The minimum Gasteiger partial charge on any atom is -0.378 e. The molecule has 0 radical (unpaired) electrons. The van der Waals surface area contributed by atoms with Gasteiger partial charge in [-0.3, -0.25) is 4.90 Å². The summed E-state index contributed by atoms with van der Waals surface area (Å²) >= 11 is 0. The van der Waals surface area contributed by atoms with Crippen molar-refractivity contribution in [2.45, 2.75) is 56.8 Å². The Balaban J connectivity index is 1.91. The van der Waals surface area contributed by atoms with Crippen LogP contribution in [0.4, 0.5) is 13.2 Å². The summed E-state index contributed by atoms with van der Waals surface area (Å²) in [6, 6.07) is 5.73. The molecule has 3 rings (SSSR count). The van der Waals surface area contributed by atoms with E-state index in [-0.39, 0.29) is 30.7 Å². The lowest BCUT2D eigenvalue weighted by Gasteiger charge is -2.46. The number of rotatable bonds is 2. The maximum absolute atomic E-state index is 14.1. The van der Waals surface area contributed by atoms with Crippen molar-refractivity contribution in [2.24, 2.45) is 5.92 Å². The van der Waals surface area contributed by atoms with Crippen LogP contribution in [0.5, 0.6) is 0 Å². The molecular weight excluding hydrogens is 279 g/mol. The molecule has 0 bridgehead atoms. The Labute approximate surface area is 122 Å². The smallest absolute Gasteiger partial charge is 0.256 e. The van der Waals surface area contributed by atoms with E-state index in [2.05, 4.69) is 0 Å². The second kappa shape index (κ2) is 5.29. The third-order valence-electron chi connectivity index (χ3n) is 4.94. The molecule has 116 valence electrons. The molecular formula is C16H20F3NO. The first-order chi connectivity index (χ1) is 9.94. The van der Waals surface area contributed by atoms with Crippen molar-refractivity contribution in [1.29, 1.82) is 0 Å². The molecule has 4 atom stereocenters. The third-order valence-corrected chi connectivity index (χ3v) is 4.94. The van der Waals surface area contributed by atoms with E-state index in [1.165, 1.54) is 12.1 Å². The molecule has 1 N–H and O–H groups in total. The normalized spacial score (nSPS) is 35.7. The number of benzene rings is 1. The highest BCUT2D eigenvalue weighted by atomic mass is 19.3. The first-order valence-corrected chi connectivity index (χ1v) is 7.53. The van der Waals surface area contributed by atoms with Crippen LogP contribution in [0.3, 0.4) is 0 Å². The zero-order valence-corrected chi connectivity index (χ0v) is 12.0. The van der Waals surface area contributed by atoms with Crippen LogP contribution < -0.4 is 0 Å². The lowest BCUT2D eigenvalue weighted by Crippen LogP contribution is -2.57. The molecule has 0 spiro atoms. The number of aliphatic hydroxyl groups excluding tert-OH is 1. The predicted molar refractivity (Wildman–Crippen MR) is 73.4 cm³/mol. The fourth-order valence-corrected chi connectivity index (χ4v) is 3.96. The Morgan fingerprint density at radius 1 is 1.33 bits per heavy atom. The number of alkyl halides is 2. The van der Waals surface area contributed by atoms with Crippen LogP contribution in [0.1, 0.15) is 44.2 Å². The zero-order valence-electron chi connectivity index (χ0n) is 12.0. The van der Waals surface area contributed by atoms with Crippen LogP contribution in [0.15, 0.2) is 24.3 Å². The second-order valence-corrected chi connectivity index (χ2v) is 6.14. The molecule has 5 heteroatoms. The molecule has 2 heterocycles. The molecule has 1 aromatic rings. The molecule has 0 saturated carbocycles. The Morgan fingerprint density at radius 2 is 2.10 bits per heavy atom. The molecule has 2 aliphatic rings. The number of halogens is 3. The number of hydrogen-bond acceptors (Lipinski definition) is 2. The quantitative estimate of drug-likeness (QED) is 0.900. The van der Waals surface area contributed by atoms with E-state index in [0.717, 1.165) is 5.56 Å². The molecule has 0 aliphatic carbocycles. The van der Waals surface area contributed by atoms with Crippen molar-refractivity contribution >= 4 is 0 Å². The fourth-order valence-electron chi connectivity index (χ4n) is 3.96. The standard InChI is InChI=1S/C16H20F3NO/c1-2-13-15(21)20-12(9-16(13,18)19)6-7-14(20)10-4-3-5-11(17)8-10/h3-5,8,12-15,21H,2,6-7,9H2,1H3/t12-,13?,14+,15?/m0/s1. The Kier molecular flexibility index (Phi) is 3.74. The van der Waals surface area contributed by atoms with Gasteiger partial charge in [0.2, 0.25) is 0 Å². The van der Waals surface area contributed by atoms with Crippen molar-refractivity contribution in [3.05, 3.63) is 35.6 Å². The van der Waals surface area contributed by atoms with Gasteiger partial charge in [-0.05, 0) is 37.0 Å². The maximum atomic E-state index is 14.1. The Bertz CT molecular complexity index is 522. The van der Waals surface area contributed by atoms with Crippen LogP contribution >= 0.6 is 0 Å². The first-order valence-electron chi connectivity index (χ1n) is 7.53. The second-order valence-electron chi connectivity index (χ2n) is 6.14. The highest BCUT2D eigenvalue weighted by molar-refractivity contribution is 5.22. The van der Waals surface area contributed by atoms with Crippen molar-refractivity contribution < 1.29 is 18.3 Å². The van der Waals surface area contributed by atoms with E-state index >= 15 is 0 Å². The summed E-state index contributed by atoms with van der Waals surface area (Å²) in [6.07, 6.45) is 0.142. The molecule has 2 saturated heterocycles. The predicted octanol–water partition coefficient (Wildman–Crippen LogP) is 3.71. The van der Waals surface area contributed by atoms with Crippen molar-refractivity contribution in [1.82, 2.24) is 4.90 Å². The van der Waals surface area contributed by atoms with E-state index < -0.39 is 18.1 Å². The van der Waals surface area contributed by atoms with Crippen LogP contribution in [-0.4, -0.2) is 28.2 Å². The number of piperidine rings is 1. The summed E-state index contributed by atoms with van der Waals surface area (Å²) in [4.78, 5) is 1.78. The highest BCUT2D eigenvalue weighted by Gasteiger charge is 2.55. The zero-order chi connectivity index (χ0) is 15.2. The van der Waals surface area contributed by atoms with Gasteiger partial charge in [-0.25, -0.2) is 13.2 Å². The average molecular weight is 299 g/mol. The van der Waals surface area contributed by atoms with Crippen LogP contribution in [-0.2, 0) is 0 Å². The summed E-state index contributed by atoms with van der Waals surface area (Å²) in [5, 5.41) is 10.4. The molecule has 2 unspecified atom stereocenters. The van der Waals surface area contributed by atoms with Gasteiger partial charge in [0.15, 0.2) is 0 Å². The van der Waals surface area contributed by atoms with Crippen LogP contribution in [0.25, 0.3) is 0 Å². The summed E-state index contributed by atoms with van der Waals surface area (Å²) in [5.41, 5.74) is 0.761. The van der Waals surface area contributed by atoms with Gasteiger partial charge in [0.25, 0.3) is 5.92 Å². The SMILES string of the molecule is CCC1C(O)N2[C@@H](CC[C@@H]2c2cccc(F)c2)CC1(F)F. The monoisotopic (exact) mass is 299 g/mol. The van der Waals surface area contributed by atoms with Gasteiger partial charge in [-0.1, -0.05) is 19.1 Å². The third kappa shape index (κ3) is 2.46. The summed E-state index contributed by atoms with van der Waals surface area (Å²) in [7, 11) is 0. The minimum absolute atomic E-state index is 0.175. The van der Waals surface area contributed by atoms with E-state index in [0.29, 0.717) is 12.8 Å². The van der Waals surface area contributed by atoms with Gasteiger partial charge in [0.1, 0.15) is 12.0 Å². The average Bonchev–Trinajstić information content (AvgIpc) is 2.81. The lowest BCUT2D eigenvalue weighted by atomic mass is 9.85. The summed E-state index contributed by atoms with van der Waals surface area (Å²) < 4.78 is 41.6. The molecule has 21 heavy (non-hydrogen) atoms. The van der Waals surface area contributed by atoms with Gasteiger partial charge in [0.05, 0.1) is 5.92 Å². The van der Waals surface area contributed by atoms with Crippen LogP contribution in [0, 0.1) is 11.7 Å². The van der Waals surface area contributed by atoms with Crippen molar-refractivity contribution in [3.8, 4) is 0 Å². The molecule has 2 nitrogen and oxygen atoms in total. The fraction of sp³-hybridized carbons (Fsp3) is 0.625. The van der Waals surface area contributed by atoms with Crippen LogP contribution in [0.2, 0.25) is 0 Å². The first kappa shape index (κ1) is 14.9. The van der Waals surface area contributed by atoms with E-state index in [4.69, 9.17) is 0 Å². The minimum atomic E-state index is -2.83. The van der Waals surface area contributed by atoms with Gasteiger partial charge in [-0.15, -0.1) is 0 Å². The lowest BCUT2D eigenvalue weighted by molar-refractivity contribution is -0.209. The number of fused-ring (bicyclic) bond motifs is 1. The van der Waals surface area contributed by atoms with Gasteiger partial charge in [-0.2, -0.15) is 0 Å². The molecule has 1 aromatic carbocycles. The number of hydrogen-bond donors (Lipinski definition) is 1. The Morgan fingerprint density at radius 3 is 2.76 bits per heavy atom. The maximum Gasteiger partial charge on any atom is 0.256 e. The van der Waals surface area contributed by atoms with Gasteiger partial charge >= 0.3 is 0 Å². The van der Waals surface area contributed by atoms with E-state index in [1.54, 1.807) is 24.0 Å². The van der Waals surface area contributed by atoms with E-state index in [1.807, 2.05) is 0 Å². The molecule has 0 aromatic heterocycles. The van der Waals surface area contributed by atoms with E-state index in [9.17, 15) is 18.3 Å². The largest absolute Gasteiger partial charge is 0.378 e. The Hall–Kier alpha value is -1.07. The number of nitrogens with zero attached hydrogens (tertiary/aromatic N) is 1. The highest BCUT2D eigenvalue weighted by Crippen LogP contribution is 2.50. The van der Waals surface area contributed by atoms with Crippen molar-refractivity contribution in [3.63, 3.8) is 0 Å². The summed E-state index contributed by atoms with van der Waals surface area (Å²) in [6.45, 7) is 1.68. The molecule has 2 fully saturated rings. The van der Waals surface area contributed by atoms with Gasteiger partial charge < -0.3 is 5.11 Å².